The number of nitrogens with zero attached hydrogens (tertiary/aromatic N) is 1. The molecule has 3 heterocycles. The van der Waals surface area contributed by atoms with E-state index in [1.54, 1.807) is 23.6 Å². The van der Waals surface area contributed by atoms with Crippen LogP contribution >= 0.6 is 23.1 Å². The van der Waals surface area contributed by atoms with Gasteiger partial charge in [0.15, 0.2) is 0 Å². The maximum absolute atomic E-state index is 12.8. The van der Waals surface area contributed by atoms with Crippen LogP contribution in [-0.4, -0.2) is 60.6 Å². The first-order valence-electron chi connectivity index (χ1n) is 12.4. The van der Waals surface area contributed by atoms with Crippen LogP contribution in [0.5, 0.6) is 0 Å². The lowest BCUT2D eigenvalue weighted by atomic mass is 9.95. The molecule has 1 aromatic rings. The second-order valence-electron chi connectivity index (χ2n) is 10.1. The lowest BCUT2D eigenvalue weighted by Crippen LogP contribution is -2.41. The van der Waals surface area contributed by atoms with Gasteiger partial charge in [-0.1, -0.05) is 5.57 Å². The molecule has 4 rings (SSSR count). The highest BCUT2D eigenvalue weighted by atomic mass is 32.2. The van der Waals surface area contributed by atoms with Crippen molar-refractivity contribution < 1.29 is 23.9 Å². The molecule has 2 aliphatic heterocycles. The summed E-state index contributed by atoms with van der Waals surface area (Å²) in [7, 11) is 0. The number of hydrogen-bond acceptors (Lipinski definition) is 7. The molecule has 10 heteroatoms. The van der Waals surface area contributed by atoms with Crippen LogP contribution in [0.3, 0.4) is 0 Å². The molecule has 3 amide bonds. The van der Waals surface area contributed by atoms with E-state index in [1.165, 1.54) is 26.7 Å². The molecule has 0 saturated carbocycles. The molecule has 8 nitrogen and oxygen atoms in total. The zero-order chi connectivity index (χ0) is 25.2. The van der Waals surface area contributed by atoms with E-state index in [1.807, 2.05) is 20.8 Å². The summed E-state index contributed by atoms with van der Waals surface area (Å²) in [6.07, 6.45) is 4.45. The van der Waals surface area contributed by atoms with E-state index in [-0.39, 0.29) is 24.0 Å². The molecule has 35 heavy (non-hydrogen) atoms. The number of fused-ring (bicyclic) bond motifs is 1. The molecule has 3 aliphatic rings. The number of thioether (sulfide) groups is 1. The maximum Gasteiger partial charge on any atom is 0.410 e. The highest BCUT2D eigenvalue weighted by Gasteiger charge is 2.34. The molecule has 2 N–H and O–H groups in total. The van der Waals surface area contributed by atoms with Gasteiger partial charge in [0.2, 0.25) is 0 Å². The topological polar surface area (TPSA) is 97.0 Å². The van der Waals surface area contributed by atoms with Gasteiger partial charge in [0.05, 0.1) is 18.7 Å². The van der Waals surface area contributed by atoms with Crippen LogP contribution < -0.4 is 10.6 Å². The second kappa shape index (κ2) is 10.8. The van der Waals surface area contributed by atoms with Crippen molar-refractivity contribution in [3.05, 3.63) is 26.5 Å². The molecular weight excluding hydrogens is 486 g/mol. The van der Waals surface area contributed by atoms with Gasteiger partial charge < -0.3 is 19.7 Å². The molecule has 0 saturated heterocycles. The van der Waals surface area contributed by atoms with Crippen molar-refractivity contribution >= 4 is 46.2 Å². The average Bonchev–Trinajstić information content (AvgIpc) is 3.37. The first-order valence-corrected chi connectivity index (χ1v) is 14.2. The number of urea groups is 1. The number of esters is 1. The maximum atomic E-state index is 12.8. The third-order valence-corrected chi connectivity index (χ3v) is 8.85. The molecule has 0 aromatic carbocycles. The first kappa shape index (κ1) is 25.9. The van der Waals surface area contributed by atoms with Gasteiger partial charge in [0.25, 0.3) is 0 Å². The summed E-state index contributed by atoms with van der Waals surface area (Å²) >= 11 is 3.25. The lowest BCUT2D eigenvalue weighted by Gasteiger charge is -2.31. The van der Waals surface area contributed by atoms with Crippen molar-refractivity contribution in [2.24, 2.45) is 5.92 Å². The first-order chi connectivity index (χ1) is 16.7. The predicted octanol–water partition coefficient (Wildman–Crippen LogP) is 5.18. The number of aryl methyl sites for hydroxylation is 1. The van der Waals surface area contributed by atoms with Gasteiger partial charge in [-0.05, 0) is 65.4 Å². The van der Waals surface area contributed by atoms with Crippen LogP contribution in [0.1, 0.15) is 67.8 Å². The minimum absolute atomic E-state index is 0.239. The van der Waals surface area contributed by atoms with Gasteiger partial charge in [-0.25, -0.2) is 14.4 Å². The number of ether oxygens (including phenoxy) is 2. The van der Waals surface area contributed by atoms with Gasteiger partial charge in [-0.15, -0.1) is 23.1 Å². The van der Waals surface area contributed by atoms with Crippen molar-refractivity contribution in [2.75, 3.05) is 37.3 Å². The number of carbonyl (C=O) groups is 3. The standard InChI is InChI=1S/C25H35N3O5S2/c1-5-32-22(29)20-17-8-6-7-9-18(17)35-21(20)27-23(30)26-12-15-14-34-19-13-28(11-10-16(15)19)24(31)33-25(2,3)4/h15H,5-14H2,1-4H3,(H2,26,27,30). The van der Waals surface area contributed by atoms with Crippen molar-refractivity contribution in [2.45, 2.75) is 65.4 Å². The van der Waals surface area contributed by atoms with E-state index < -0.39 is 5.60 Å². The Kier molecular flexibility index (Phi) is 8.00. The van der Waals surface area contributed by atoms with Gasteiger partial charge in [0.1, 0.15) is 10.6 Å². The van der Waals surface area contributed by atoms with Gasteiger partial charge in [-0.2, -0.15) is 0 Å². The number of amides is 3. The molecule has 0 spiro atoms. The van der Waals surface area contributed by atoms with Crippen LogP contribution in [-0.2, 0) is 22.3 Å². The number of carbonyl (C=O) groups excluding carboxylic acids is 3. The normalized spacial score (nSPS) is 19.7. The Hall–Kier alpha value is -2.20. The summed E-state index contributed by atoms with van der Waals surface area (Å²) in [6.45, 7) is 9.42. The summed E-state index contributed by atoms with van der Waals surface area (Å²) in [6, 6.07) is -0.306. The predicted molar refractivity (Wildman–Crippen MR) is 139 cm³/mol. The molecule has 0 fully saturated rings. The molecule has 0 bridgehead atoms. The highest BCUT2D eigenvalue weighted by Crippen LogP contribution is 2.41. The van der Waals surface area contributed by atoms with Crippen LogP contribution in [0.25, 0.3) is 0 Å². The molecule has 0 radical (unpaired) electrons. The van der Waals surface area contributed by atoms with Crippen molar-refractivity contribution in [1.82, 2.24) is 10.2 Å². The smallest absolute Gasteiger partial charge is 0.410 e. The largest absolute Gasteiger partial charge is 0.462 e. The van der Waals surface area contributed by atoms with Crippen molar-refractivity contribution in [1.29, 1.82) is 0 Å². The summed E-state index contributed by atoms with van der Waals surface area (Å²) in [5, 5.41) is 6.51. The van der Waals surface area contributed by atoms with E-state index >= 15 is 0 Å². The zero-order valence-electron chi connectivity index (χ0n) is 21.0. The van der Waals surface area contributed by atoms with Crippen LogP contribution in [0.4, 0.5) is 14.6 Å². The van der Waals surface area contributed by atoms with Crippen molar-refractivity contribution in [3.8, 4) is 0 Å². The molecule has 1 atom stereocenters. The Labute approximate surface area is 215 Å². The summed E-state index contributed by atoms with van der Waals surface area (Å²) in [4.78, 5) is 42.0. The third-order valence-electron chi connectivity index (χ3n) is 6.33. The summed E-state index contributed by atoms with van der Waals surface area (Å²) in [5.74, 6) is 0.762. The Morgan fingerprint density at radius 1 is 1.14 bits per heavy atom. The van der Waals surface area contributed by atoms with Crippen LogP contribution in [0, 0.1) is 5.92 Å². The van der Waals surface area contributed by atoms with E-state index in [0.29, 0.717) is 36.8 Å². The molecular formula is C25H35N3O5S2. The fourth-order valence-electron chi connectivity index (χ4n) is 4.72. The highest BCUT2D eigenvalue weighted by molar-refractivity contribution is 8.03. The molecule has 1 aliphatic carbocycles. The van der Waals surface area contributed by atoms with E-state index in [2.05, 4.69) is 10.6 Å². The minimum Gasteiger partial charge on any atom is -0.462 e. The minimum atomic E-state index is -0.511. The SMILES string of the molecule is CCOC(=O)c1c(NC(=O)NCC2CSC3=C2CCN(C(=O)OC(C)(C)C)C3)sc2c1CCCC2. The fourth-order valence-corrected chi connectivity index (χ4v) is 7.42. The molecule has 192 valence electrons. The zero-order valence-corrected chi connectivity index (χ0v) is 22.6. The number of hydrogen-bond donors (Lipinski definition) is 2. The van der Waals surface area contributed by atoms with Crippen molar-refractivity contribution in [3.63, 3.8) is 0 Å². The summed E-state index contributed by atoms with van der Waals surface area (Å²) in [5.41, 5.74) is 2.38. The monoisotopic (exact) mass is 521 g/mol. The Morgan fingerprint density at radius 3 is 2.66 bits per heavy atom. The Bertz CT molecular complexity index is 1030. The number of thiophene rings is 1. The van der Waals surface area contributed by atoms with Gasteiger partial charge in [-0.3, -0.25) is 5.32 Å². The number of anilines is 1. The molecule has 1 unspecified atom stereocenters. The average molecular weight is 522 g/mol. The Morgan fingerprint density at radius 2 is 1.91 bits per heavy atom. The van der Waals surface area contributed by atoms with E-state index in [9.17, 15) is 14.4 Å². The quantitative estimate of drug-likeness (QED) is 0.518. The third kappa shape index (κ3) is 6.14. The Balaban J connectivity index is 1.35. The second-order valence-corrected chi connectivity index (χ2v) is 12.3. The number of rotatable bonds is 5. The fraction of sp³-hybridized carbons (Fsp3) is 0.640. The van der Waals surface area contributed by atoms with Gasteiger partial charge >= 0.3 is 18.1 Å². The van der Waals surface area contributed by atoms with E-state index in [4.69, 9.17) is 9.47 Å². The van der Waals surface area contributed by atoms with Gasteiger partial charge in [0, 0.05) is 34.5 Å². The number of nitrogens with one attached hydrogen (secondary N) is 2. The molecule has 1 aromatic heterocycles. The lowest BCUT2D eigenvalue weighted by molar-refractivity contribution is 0.0262. The summed E-state index contributed by atoms with van der Waals surface area (Å²) < 4.78 is 10.8. The van der Waals surface area contributed by atoms with E-state index in [0.717, 1.165) is 43.4 Å². The van der Waals surface area contributed by atoms with Crippen LogP contribution in [0.2, 0.25) is 0 Å². The van der Waals surface area contributed by atoms with Crippen LogP contribution in [0.15, 0.2) is 10.5 Å².